The summed E-state index contributed by atoms with van der Waals surface area (Å²) in [5.41, 5.74) is 0.837. The topological polar surface area (TPSA) is 75.6 Å². The van der Waals surface area contributed by atoms with Crippen LogP contribution in [0.15, 0.2) is 52.7 Å². The lowest BCUT2D eigenvalue weighted by atomic mass is 10.2. The van der Waals surface area contributed by atoms with E-state index in [1.165, 1.54) is 29.8 Å². The molecule has 0 bridgehead atoms. The van der Waals surface area contributed by atoms with E-state index < -0.39 is 16.1 Å². The molecule has 1 aromatic carbocycles. The summed E-state index contributed by atoms with van der Waals surface area (Å²) in [5, 5.41) is 12.3. The maximum atomic E-state index is 12.6. The van der Waals surface area contributed by atoms with Crippen molar-refractivity contribution in [1.29, 1.82) is 0 Å². The molecule has 0 fully saturated rings. The van der Waals surface area contributed by atoms with Crippen LogP contribution in [0.4, 0.5) is 0 Å². The first-order chi connectivity index (χ1) is 12.4. The molecule has 0 aliphatic rings. The van der Waals surface area contributed by atoms with Crippen molar-refractivity contribution in [2.24, 2.45) is 0 Å². The van der Waals surface area contributed by atoms with E-state index >= 15 is 0 Å². The normalized spacial score (nSPS) is 12.9. The fourth-order valence-electron chi connectivity index (χ4n) is 2.46. The highest BCUT2D eigenvalue weighted by Gasteiger charge is 2.20. The molecule has 2 aromatic heterocycles. The van der Waals surface area contributed by atoms with Crippen molar-refractivity contribution < 1.29 is 18.3 Å². The molecule has 1 atom stereocenters. The molecule has 0 amide bonds. The Kier molecular flexibility index (Phi) is 5.79. The van der Waals surface area contributed by atoms with Gasteiger partial charge < -0.3 is 9.84 Å². The lowest BCUT2D eigenvalue weighted by molar-refractivity contribution is 0.228. The zero-order valence-corrected chi connectivity index (χ0v) is 16.7. The van der Waals surface area contributed by atoms with Gasteiger partial charge in [0.15, 0.2) is 0 Å². The average molecular weight is 410 g/mol. The van der Waals surface area contributed by atoms with Crippen LogP contribution in [0, 0.1) is 6.92 Å². The number of hydrogen-bond acceptors (Lipinski definition) is 6. The van der Waals surface area contributed by atoms with Crippen LogP contribution in [-0.2, 0) is 16.6 Å². The Morgan fingerprint density at radius 1 is 1.19 bits per heavy atom. The smallest absolute Gasteiger partial charge is 0.244 e. The summed E-state index contributed by atoms with van der Waals surface area (Å²) in [6.45, 7) is 1.98. The number of aliphatic hydroxyl groups excluding tert-OH is 1. The summed E-state index contributed by atoms with van der Waals surface area (Å²) >= 11 is 2.87. The van der Waals surface area contributed by atoms with Gasteiger partial charge in [0.05, 0.1) is 7.11 Å². The lowest BCUT2D eigenvalue weighted by Crippen LogP contribution is -2.23. The Labute approximate surface area is 161 Å². The number of benzene rings is 1. The number of methoxy groups -OCH3 is 1. The number of ether oxygens (including phenoxy) is 1. The zero-order valence-electron chi connectivity index (χ0n) is 14.3. The van der Waals surface area contributed by atoms with E-state index in [0.717, 1.165) is 20.2 Å². The van der Waals surface area contributed by atoms with Crippen molar-refractivity contribution in [2.75, 3.05) is 7.11 Å². The van der Waals surface area contributed by atoms with Crippen molar-refractivity contribution in [1.82, 2.24) is 4.72 Å². The molecule has 3 aromatic rings. The Morgan fingerprint density at radius 2 is 2.00 bits per heavy atom. The molecule has 2 heterocycles. The molecule has 3 rings (SSSR count). The van der Waals surface area contributed by atoms with Crippen LogP contribution in [-0.4, -0.2) is 20.6 Å². The molecule has 0 radical (unpaired) electrons. The van der Waals surface area contributed by atoms with Gasteiger partial charge in [-0.3, -0.25) is 0 Å². The van der Waals surface area contributed by atoms with Crippen LogP contribution in [0.25, 0.3) is 0 Å². The van der Waals surface area contributed by atoms with E-state index in [9.17, 15) is 13.5 Å². The van der Waals surface area contributed by atoms with E-state index in [2.05, 4.69) is 4.72 Å². The number of thiophene rings is 2. The Bertz CT molecular complexity index is 978. The monoisotopic (exact) mass is 409 g/mol. The highest BCUT2D eigenvalue weighted by molar-refractivity contribution is 7.89. The number of sulfonamides is 1. The molecule has 1 unspecified atom stereocenters. The summed E-state index contributed by atoms with van der Waals surface area (Å²) in [6.07, 6.45) is -0.678. The Balaban J connectivity index is 1.74. The lowest BCUT2D eigenvalue weighted by Gasteiger charge is -2.11. The van der Waals surface area contributed by atoms with Crippen molar-refractivity contribution >= 4 is 32.7 Å². The average Bonchev–Trinajstić information content (AvgIpc) is 3.31. The first-order valence-corrected chi connectivity index (χ1v) is 11.0. The molecule has 138 valence electrons. The van der Waals surface area contributed by atoms with Crippen molar-refractivity contribution in [3.63, 3.8) is 0 Å². The Hall–Kier alpha value is -1.71. The molecule has 0 aliphatic carbocycles. The molecule has 5 nitrogen and oxygen atoms in total. The van der Waals surface area contributed by atoms with E-state index in [0.29, 0.717) is 5.75 Å². The second-order valence-corrected chi connectivity index (χ2v) is 9.62. The fraction of sp³-hybridized carbons (Fsp3) is 0.222. The van der Waals surface area contributed by atoms with Gasteiger partial charge >= 0.3 is 0 Å². The summed E-state index contributed by atoms with van der Waals surface area (Å²) in [6, 6.07) is 12.4. The van der Waals surface area contributed by atoms with Crippen LogP contribution in [0.1, 0.15) is 26.3 Å². The van der Waals surface area contributed by atoms with Gasteiger partial charge in [-0.15, -0.1) is 22.7 Å². The van der Waals surface area contributed by atoms with Gasteiger partial charge in [0.1, 0.15) is 16.7 Å². The summed E-state index contributed by atoms with van der Waals surface area (Å²) < 4.78 is 33.0. The van der Waals surface area contributed by atoms with E-state index in [-0.39, 0.29) is 11.4 Å². The van der Waals surface area contributed by atoms with E-state index in [1.807, 2.05) is 36.6 Å². The number of aryl methyl sites for hydroxylation is 1. The zero-order chi connectivity index (χ0) is 18.7. The third-order valence-electron chi connectivity index (χ3n) is 3.81. The van der Waals surface area contributed by atoms with Crippen molar-refractivity contribution in [2.45, 2.75) is 24.5 Å². The van der Waals surface area contributed by atoms with Crippen LogP contribution in [0.3, 0.4) is 0 Å². The van der Waals surface area contributed by atoms with Crippen LogP contribution in [0.2, 0.25) is 0 Å². The third-order valence-corrected chi connectivity index (χ3v) is 7.29. The van der Waals surface area contributed by atoms with Crippen LogP contribution >= 0.6 is 22.7 Å². The minimum atomic E-state index is -3.71. The molecule has 0 saturated heterocycles. The largest absolute Gasteiger partial charge is 0.495 e. The van der Waals surface area contributed by atoms with Gasteiger partial charge in [-0.2, -0.15) is 0 Å². The first-order valence-electron chi connectivity index (χ1n) is 7.85. The standard InChI is InChI=1S/C18H19NO4S3/c1-12-5-7-14(23-2)17(10-12)26(21,22)19-11-13-6-8-16(25-13)18(20)15-4-3-9-24-15/h3-10,18-20H,11H2,1-2H3. The predicted octanol–water partition coefficient (Wildman–Crippen LogP) is 3.69. The second kappa shape index (κ2) is 7.89. The maximum Gasteiger partial charge on any atom is 0.244 e. The first kappa shape index (κ1) is 19.1. The maximum absolute atomic E-state index is 12.6. The van der Waals surface area contributed by atoms with E-state index in [1.54, 1.807) is 18.2 Å². The number of rotatable bonds is 7. The minimum Gasteiger partial charge on any atom is -0.495 e. The van der Waals surface area contributed by atoms with Crippen LogP contribution in [0.5, 0.6) is 5.75 Å². The summed E-state index contributed by atoms with van der Waals surface area (Å²) in [5.74, 6) is 0.308. The second-order valence-electron chi connectivity index (χ2n) is 5.70. The van der Waals surface area contributed by atoms with Crippen LogP contribution < -0.4 is 9.46 Å². The van der Waals surface area contributed by atoms with Gasteiger partial charge in [-0.05, 0) is 48.2 Å². The molecule has 26 heavy (non-hydrogen) atoms. The quantitative estimate of drug-likeness (QED) is 0.624. The number of hydrogen-bond donors (Lipinski definition) is 2. The van der Waals surface area contributed by atoms with Crippen molar-refractivity contribution in [3.05, 3.63) is 68.0 Å². The molecular weight excluding hydrogens is 390 g/mol. The SMILES string of the molecule is COc1ccc(C)cc1S(=O)(=O)NCc1ccc(C(O)c2cccs2)s1. The summed E-state index contributed by atoms with van der Waals surface area (Å²) in [4.78, 5) is 2.60. The Morgan fingerprint density at radius 3 is 2.69 bits per heavy atom. The van der Waals surface area contributed by atoms with Gasteiger partial charge in [0.2, 0.25) is 10.0 Å². The highest BCUT2D eigenvalue weighted by Crippen LogP contribution is 2.31. The fourth-order valence-corrected chi connectivity index (χ4v) is 5.57. The molecule has 0 spiro atoms. The van der Waals surface area contributed by atoms with Crippen molar-refractivity contribution in [3.8, 4) is 5.75 Å². The third kappa shape index (κ3) is 4.16. The van der Waals surface area contributed by atoms with Gasteiger partial charge in [0.25, 0.3) is 0 Å². The van der Waals surface area contributed by atoms with Gasteiger partial charge in [0, 0.05) is 21.2 Å². The highest BCUT2D eigenvalue weighted by atomic mass is 32.2. The number of aliphatic hydroxyl groups is 1. The molecule has 8 heteroatoms. The predicted molar refractivity (Wildman–Crippen MR) is 104 cm³/mol. The molecule has 2 N–H and O–H groups in total. The summed E-state index contributed by atoms with van der Waals surface area (Å²) in [7, 11) is -2.26. The minimum absolute atomic E-state index is 0.121. The molecule has 0 aliphatic heterocycles. The molecule has 0 saturated carbocycles. The van der Waals surface area contributed by atoms with E-state index in [4.69, 9.17) is 4.74 Å². The number of nitrogens with one attached hydrogen (secondary N) is 1. The van der Waals surface area contributed by atoms with Gasteiger partial charge in [-0.25, -0.2) is 13.1 Å². The molecular formula is C18H19NO4S3. The van der Waals surface area contributed by atoms with Gasteiger partial charge in [-0.1, -0.05) is 12.1 Å².